The first-order chi connectivity index (χ1) is 7.34. The zero-order valence-corrected chi connectivity index (χ0v) is 7.85. The third kappa shape index (κ3) is 1.55. The first-order valence-electron chi connectivity index (χ1n) is 4.42. The van der Waals surface area contributed by atoms with Gasteiger partial charge in [0.1, 0.15) is 5.82 Å². The summed E-state index contributed by atoms with van der Waals surface area (Å²) in [5.74, 6) is -6.21. The molecule has 2 rings (SSSR count). The van der Waals surface area contributed by atoms with Crippen molar-refractivity contribution in [3.63, 3.8) is 0 Å². The number of hydrogen-bond donors (Lipinski definition) is 1. The van der Waals surface area contributed by atoms with Crippen LogP contribution in [-0.4, -0.2) is 27.5 Å². The molecule has 4 nitrogen and oxygen atoms in total. The Labute approximate surface area is 86.5 Å². The predicted molar refractivity (Wildman–Crippen MR) is 41.7 cm³/mol. The Morgan fingerprint density at radius 3 is 2.44 bits per heavy atom. The summed E-state index contributed by atoms with van der Waals surface area (Å²) in [6, 6.07) is 0. The largest absolute Gasteiger partial charge is 0.461 e. The number of nitrogens with one attached hydrogen (secondary N) is 1. The van der Waals surface area contributed by atoms with Crippen molar-refractivity contribution in [2.24, 2.45) is 0 Å². The smallest absolute Gasteiger partial charge is 0.308 e. The van der Waals surface area contributed by atoms with Gasteiger partial charge in [0.15, 0.2) is 0 Å². The summed E-state index contributed by atoms with van der Waals surface area (Å²) in [4.78, 5) is 0. The molecule has 9 heteroatoms. The van der Waals surface area contributed by atoms with Crippen LogP contribution >= 0.6 is 0 Å². The zero-order valence-electron chi connectivity index (χ0n) is 7.85. The lowest BCUT2D eigenvalue weighted by atomic mass is 10.3. The molecule has 0 atom stereocenters. The number of nitrogens with zero attached hydrogens (tertiary/aromatic N) is 3. The van der Waals surface area contributed by atoms with E-state index in [1.54, 1.807) is 0 Å². The van der Waals surface area contributed by atoms with Crippen molar-refractivity contribution < 1.29 is 22.0 Å². The molecular formula is C7H7F5N4. The molecule has 90 valence electrons. The topological polar surface area (TPSA) is 42.7 Å². The molecular weight excluding hydrogens is 235 g/mol. The molecule has 0 unspecified atom stereocenters. The number of aromatic nitrogens is 3. The molecule has 2 heterocycles. The maximum Gasteiger partial charge on any atom is 0.461 e. The Hall–Kier alpha value is -1.25. The van der Waals surface area contributed by atoms with Crippen LogP contribution in [0, 0.1) is 0 Å². The van der Waals surface area contributed by atoms with Crippen LogP contribution in [0.15, 0.2) is 0 Å². The summed E-state index contributed by atoms with van der Waals surface area (Å²) in [5.41, 5.74) is 0. The molecule has 0 aromatic carbocycles. The first-order valence-corrected chi connectivity index (χ1v) is 4.42. The van der Waals surface area contributed by atoms with E-state index in [9.17, 15) is 22.0 Å². The molecule has 0 saturated heterocycles. The molecule has 0 fully saturated rings. The Bertz CT molecular complexity index is 396. The van der Waals surface area contributed by atoms with Crippen molar-refractivity contribution in [2.45, 2.75) is 25.2 Å². The minimum Gasteiger partial charge on any atom is -0.308 e. The molecule has 0 radical (unpaired) electrons. The zero-order chi connectivity index (χ0) is 12.0. The molecule has 0 amide bonds. The van der Waals surface area contributed by atoms with Gasteiger partial charge in [0.25, 0.3) is 0 Å². The number of fused-ring (bicyclic) bond motifs is 1. The third-order valence-electron chi connectivity index (χ3n) is 2.26. The highest BCUT2D eigenvalue weighted by Gasteiger charge is 2.62. The SMILES string of the molecule is FC(F)(F)C(F)(F)c1nnc2n1CCNC2. The van der Waals surface area contributed by atoms with Gasteiger partial charge < -0.3 is 9.88 Å². The van der Waals surface area contributed by atoms with Gasteiger partial charge in [-0.15, -0.1) is 10.2 Å². The van der Waals surface area contributed by atoms with E-state index in [-0.39, 0.29) is 18.9 Å². The average Bonchev–Trinajstić information content (AvgIpc) is 2.59. The maximum absolute atomic E-state index is 13.0. The van der Waals surface area contributed by atoms with Crippen LogP contribution in [-0.2, 0) is 19.0 Å². The second kappa shape index (κ2) is 3.37. The lowest BCUT2D eigenvalue weighted by Gasteiger charge is -2.22. The number of alkyl halides is 5. The molecule has 1 aromatic heterocycles. The molecule has 0 spiro atoms. The Kier molecular flexibility index (Phi) is 2.37. The lowest BCUT2D eigenvalue weighted by Crippen LogP contribution is -2.38. The second-order valence-electron chi connectivity index (χ2n) is 3.34. The quantitative estimate of drug-likeness (QED) is 0.748. The molecule has 0 saturated carbocycles. The second-order valence-corrected chi connectivity index (χ2v) is 3.34. The van der Waals surface area contributed by atoms with Crippen LogP contribution in [0.25, 0.3) is 0 Å². The van der Waals surface area contributed by atoms with Gasteiger partial charge in [0.05, 0.1) is 6.54 Å². The molecule has 0 bridgehead atoms. The summed E-state index contributed by atoms with van der Waals surface area (Å²) in [6.45, 7) is 0.455. The predicted octanol–water partition coefficient (Wildman–Crippen LogP) is 1.04. The van der Waals surface area contributed by atoms with Crippen LogP contribution in [0.3, 0.4) is 0 Å². The van der Waals surface area contributed by atoms with Gasteiger partial charge in [-0.2, -0.15) is 22.0 Å². The van der Waals surface area contributed by atoms with Crippen LogP contribution < -0.4 is 5.32 Å². The summed E-state index contributed by atoms with van der Waals surface area (Å²) in [6.07, 6.45) is -5.65. The van der Waals surface area contributed by atoms with E-state index >= 15 is 0 Å². The van der Waals surface area contributed by atoms with Gasteiger partial charge >= 0.3 is 12.1 Å². The fraction of sp³-hybridized carbons (Fsp3) is 0.714. The van der Waals surface area contributed by atoms with E-state index in [2.05, 4.69) is 15.5 Å². The van der Waals surface area contributed by atoms with E-state index in [1.165, 1.54) is 0 Å². The van der Waals surface area contributed by atoms with Crippen LogP contribution in [0.1, 0.15) is 11.6 Å². The van der Waals surface area contributed by atoms with Crippen molar-refractivity contribution in [3.05, 3.63) is 11.6 Å². The van der Waals surface area contributed by atoms with Crippen LogP contribution in [0.4, 0.5) is 22.0 Å². The molecule has 1 aliphatic rings. The molecule has 0 aliphatic carbocycles. The Morgan fingerprint density at radius 1 is 1.12 bits per heavy atom. The van der Waals surface area contributed by atoms with E-state index < -0.39 is 17.9 Å². The highest BCUT2D eigenvalue weighted by atomic mass is 19.4. The summed E-state index contributed by atoms with van der Waals surface area (Å²) >= 11 is 0. The monoisotopic (exact) mass is 242 g/mol. The summed E-state index contributed by atoms with van der Waals surface area (Å²) in [5, 5.41) is 9.04. The number of rotatable bonds is 1. The number of halogens is 5. The molecule has 16 heavy (non-hydrogen) atoms. The highest BCUT2D eigenvalue weighted by molar-refractivity contribution is 5.06. The van der Waals surface area contributed by atoms with Crippen molar-refractivity contribution in [1.82, 2.24) is 20.1 Å². The van der Waals surface area contributed by atoms with Gasteiger partial charge in [-0.3, -0.25) is 0 Å². The third-order valence-corrected chi connectivity index (χ3v) is 2.26. The standard InChI is InChI=1S/C7H7F5N4/c8-6(9,7(10,11)12)5-15-14-4-3-13-1-2-16(4)5/h13H,1-3H2. The van der Waals surface area contributed by atoms with Gasteiger partial charge in [0, 0.05) is 13.1 Å². The van der Waals surface area contributed by atoms with E-state index in [1.807, 2.05) is 0 Å². The van der Waals surface area contributed by atoms with Crippen molar-refractivity contribution in [3.8, 4) is 0 Å². The molecule has 1 aromatic rings. The van der Waals surface area contributed by atoms with E-state index in [0.29, 0.717) is 6.54 Å². The Morgan fingerprint density at radius 2 is 1.81 bits per heavy atom. The van der Waals surface area contributed by atoms with Gasteiger partial charge in [-0.1, -0.05) is 0 Å². The Balaban J connectivity index is 2.45. The number of hydrogen-bond acceptors (Lipinski definition) is 3. The fourth-order valence-electron chi connectivity index (χ4n) is 1.45. The molecule has 1 aliphatic heterocycles. The maximum atomic E-state index is 13.0. The first kappa shape index (κ1) is 11.2. The van der Waals surface area contributed by atoms with Crippen molar-refractivity contribution >= 4 is 0 Å². The van der Waals surface area contributed by atoms with Crippen molar-refractivity contribution in [2.75, 3.05) is 6.54 Å². The van der Waals surface area contributed by atoms with Gasteiger partial charge in [0.2, 0.25) is 5.82 Å². The minimum atomic E-state index is -5.65. The lowest BCUT2D eigenvalue weighted by molar-refractivity contribution is -0.293. The minimum absolute atomic E-state index is 0.00331. The van der Waals surface area contributed by atoms with E-state index in [0.717, 1.165) is 4.57 Å². The van der Waals surface area contributed by atoms with Crippen LogP contribution in [0.2, 0.25) is 0 Å². The normalized spacial score (nSPS) is 17.3. The fourth-order valence-corrected chi connectivity index (χ4v) is 1.45. The summed E-state index contributed by atoms with van der Waals surface area (Å²) in [7, 11) is 0. The van der Waals surface area contributed by atoms with Crippen LogP contribution in [0.5, 0.6) is 0 Å². The van der Waals surface area contributed by atoms with Gasteiger partial charge in [-0.05, 0) is 0 Å². The molecule has 1 N–H and O–H groups in total. The van der Waals surface area contributed by atoms with Gasteiger partial charge in [-0.25, -0.2) is 0 Å². The highest BCUT2D eigenvalue weighted by Crippen LogP contribution is 2.43. The van der Waals surface area contributed by atoms with Crippen molar-refractivity contribution in [1.29, 1.82) is 0 Å². The summed E-state index contributed by atoms with van der Waals surface area (Å²) < 4.78 is 63.2. The van der Waals surface area contributed by atoms with E-state index in [4.69, 9.17) is 0 Å². The average molecular weight is 242 g/mol.